The van der Waals surface area contributed by atoms with Gasteiger partial charge in [-0.25, -0.2) is 27.5 Å². The number of aromatic nitrogens is 4. The lowest BCUT2D eigenvalue weighted by Crippen LogP contribution is -2.13. The number of amides is 1. The number of sulfone groups is 1. The van der Waals surface area contributed by atoms with Crippen molar-refractivity contribution in [3.05, 3.63) is 77.8 Å². The number of nitrogens with zero attached hydrogens (tertiary/aromatic N) is 4. The summed E-state index contributed by atoms with van der Waals surface area (Å²) in [5, 5.41) is 9.37. The minimum absolute atomic E-state index is 0.112. The molecule has 0 unspecified atom stereocenters. The van der Waals surface area contributed by atoms with E-state index in [1.54, 1.807) is 18.2 Å². The molecule has 0 radical (unpaired) electrons. The molecule has 2 aromatic carbocycles. The predicted molar refractivity (Wildman–Crippen MR) is 132 cm³/mol. The summed E-state index contributed by atoms with van der Waals surface area (Å²) in [5.74, 6) is -0.724. The quantitative estimate of drug-likeness (QED) is 0.368. The Hall–Kier alpha value is -4.16. The maximum absolute atomic E-state index is 13.3. The smallest absolute Gasteiger partial charge is 0.276 e. The Labute approximate surface area is 203 Å². The second kappa shape index (κ2) is 8.56. The van der Waals surface area contributed by atoms with Gasteiger partial charge in [-0.1, -0.05) is 12.1 Å². The first-order valence-electron chi connectivity index (χ1n) is 10.2. The highest BCUT2D eigenvalue weighted by Gasteiger charge is 2.22. The first kappa shape index (κ1) is 22.6. The summed E-state index contributed by atoms with van der Waals surface area (Å²) in [4.78, 5) is 22.0. The monoisotopic (exact) mass is 508 g/mol. The zero-order chi connectivity index (χ0) is 24.7. The predicted octanol–water partition coefficient (Wildman–Crippen LogP) is 3.92. The SMILES string of the molecule is CS(=O)(=O)c1cc(C(=O)Nc2cccc(-c3csc4ncnc(N)c34)c2)nn1-c1ccc(F)cc1. The van der Waals surface area contributed by atoms with Crippen molar-refractivity contribution in [3.8, 4) is 16.8 Å². The molecule has 0 aliphatic heterocycles. The molecular formula is C23H17FN6O3S2. The molecule has 0 fully saturated rings. The molecule has 35 heavy (non-hydrogen) atoms. The van der Waals surface area contributed by atoms with Crippen LogP contribution in [0.2, 0.25) is 0 Å². The number of carbonyl (C=O) groups is 1. The van der Waals surface area contributed by atoms with Crippen LogP contribution < -0.4 is 11.1 Å². The van der Waals surface area contributed by atoms with Crippen molar-refractivity contribution in [3.63, 3.8) is 0 Å². The van der Waals surface area contributed by atoms with Crippen LogP contribution in [0.5, 0.6) is 0 Å². The van der Waals surface area contributed by atoms with Gasteiger partial charge in [-0.3, -0.25) is 4.79 Å². The highest BCUT2D eigenvalue weighted by molar-refractivity contribution is 7.90. The molecule has 5 rings (SSSR count). The lowest BCUT2D eigenvalue weighted by atomic mass is 10.1. The zero-order valence-corrected chi connectivity index (χ0v) is 19.8. The molecule has 3 aromatic heterocycles. The average molecular weight is 509 g/mol. The number of nitrogen functional groups attached to an aromatic ring is 1. The van der Waals surface area contributed by atoms with Crippen molar-refractivity contribution in [2.45, 2.75) is 5.03 Å². The summed E-state index contributed by atoms with van der Waals surface area (Å²) in [6, 6.07) is 13.4. The highest BCUT2D eigenvalue weighted by atomic mass is 32.2. The molecule has 1 amide bonds. The van der Waals surface area contributed by atoms with Crippen molar-refractivity contribution < 1.29 is 17.6 Å². The number of benzene rings is 2. The van der Waals surface area contributed by atoms with E-state index in [-0.39, 0.29) is 10.7 Å². The van der Waals surface area contributed by atoms with Crippen LogP contribution in [0.15, 0.2) is 71.3 Å². The van der Waals surface area contributed by atoms with Crippen LogP contribution in [0.3, 0.4) is 0 Å². The zero-order valence-electron chi connectivity index (χ0n) is 18.1. The van der Waals surface area contributed by atoms with Crippen molar-refractivity contribution >= 4 is 48.8 Å². The van der Waals surface area contributed by atoms with Gasteiger partial charge in [0.2, 0.25) is 0 Å². The van der Waals surface area contributed by atoms with Crippen LogP contribution in [0.1, 0.15) is 10.5 Å². The van der Waals surface area contributed by atoms with Gasteiger partial charge in [-0.05, 0) is 42.0 Å². The van der Waals surface area contributed by atoms with Crippen molar-refractivity contribution in [1.82, 2.24) is 19.7 Å². The van der Waals surface area contributed by atoms with Crippen molar-refractivity contribution in [2.24, 2.45) is 0 Å². The third kappa shape index (κ3) is 4.36. The van der Waals surface area contributed by atoms with Crippen LogP contribution in [-0.2, 0) is 9.84 Å². The van der Waals surface area contributed by atoms with Gasteiger partial charge < -0.3 is 11.1 Å². The van der Waals surface area contributed by atoms with Gasteiger partial charge in [0.05, 0.1) is 11.1 Å². The second-order valence-corrected chi connectivity index (χ2v) is 10.5. The molecule has 0 aliphatic rings. The number of nitrogens with one attached hydrogen (secondary N) is 1. The molecule has 5 aromatic rings. The van der Waals surface area contributed by atoms with Gasteiger partial charge in [0, 0.05) is 29.0 Å². The first-order valence-corrected chi connectivity index (χ1v) is 12.9. The minimum Gasteiger partial charge on any atom is -0.383 e. The van der Waals surface area contributed by atoms with Gasteiger partial charge in [0.1, 0.15) is 22.8 Å². The Bertz CT molecular complexity index is 1690. The van der Waals surface area contributed by atoms with Crippen molar-refractivity contribution in [2.75, 3.05) is 17.3 Å². The molecule has 9 nitrogen and oxygen atoms in total. The normalized spacial score (nSPS) is 11.6. The molecule has 0 atom stereocenters. The Kier molecular flexibility index (Phi) is 5.53. The van der Waals surface area contributed by atoms with E-state index in [1.165, 1.54) is 48.0 Å². The molecule has 0 aliphatic carbocycles. The van der Waals surface area contributed by atoms with Crippen LogP contribution in [-0.4, -0.2) is 40.3 Å². The fraction of sp³-hybridized carbons (Fsp3) is 0.0435. The van der Waals surface area contributed by atoms with E-state index >= 15 is 0 Å². The van der Waals surface area contributed by atoms with E-state index in [4.69, 9.17) is 5.73 Å². The number of hydrogen-bond acceptors (Lipinski definition) is 8. The molecule has 0 saturated carbocycles. The van der Waals surface area contributed by atoms with Crippen LogP contribution >= 0.6 is 11.3 Å². The van der Waals surface area contributed by atoms with E-state index in [0.29, 0.717) is 17.2 Å². The molecule has 3 N–H and O–H groups in total. The summed E-state index contributed by atoms with van der Waals surface area (Å²) in [6.45, 7) is 0. The first-order chi connectivity index (χ1) is 16.7. The lowest BCUT2D eigenvalue weighted by Gasteiger charge is -2.07. The van der Waals surface area contributed by atoms with Crippen LogP contribution in [0.25, 0.3) is 27.0 Å². The summed E-state index contributed by atoms with van der Waals surface area (Å²) in [5.41, 5.74) is 8.34. The van der Waals surface area contributed by atoms with Crippen LogP contribution in [0, 0.1) is 5.82 Å². The molecule has 176 valence electrons. The Morgan fingerprint density at radius 2 is 1.89 bits per heavy atom. The second-order valence-electron chi connectivity index (χ2n) is 7.65. The average Bonchev–Trinajstić information content (AvgIpc) is 3.46. The minimum atomic E-state index is -3.73. The standard InChI is InChI=1S/C23H17FN6O3S2/c1-35(32,33)19-10-18(29-30(19)16-7-5-14(24)6-8-16)22(31)28-15-4-2-3-13(9-15)17-11-34-23-20(17)21(25)26-12-27-23/h2-12H,1H3,(H,28,31)(H2,25,26,27). The summed E-state index contributed by atoms with van der Waals surface area (Å²) >= 11 is 1.43. The van der Waals surface area contributed by atoms with Gasteiger partial charge in [-0.2, -0.15) is 5.10 Å². The number of anilines is 2. The van der Waals surface area contributed by atoms with E-state index in [0.717, 1.165) is 32.3 Å². The van der Waals surface area contributed by atoms with Gasteiger partial charge in [0.25, 0.3) is 5.91 Å². The van der Waals surface area contributed by atoms with E-state index in [9.17, 15) is 17.6 Å². The summed E-state index contributed by atoms with van der Waals surface area (Å²) in [6.07, 6.45) is 2.42. The van der Waals surface area contributed by atoms with Crippen molar-refractivity contribution in [1.29, 1.82) is 0 Å². The summed E-state index contributed by atoms with van der Waals surface area (Å²) < 4.78 is 39.1. The Morgan fingerprint density at radius 3 is 2.63 bits per heavy atom. The third-order valence-electron chi connectivity index (χ3n) is 5.19. The Morgan fingerprint density at radius 1 is 1.11 bits per heavy atom. The number of rotatable bonds is 5. The summed E-state index contributed by atoms with van der Waals surface area (Å²) in [7, 11) is -3.73. The number of carbonyl (C=O) groups excluding carboxylic acids is 1. The number of fused-ring (bicyclic) bond motifs is 1. The van der Waals surface area contributed by atoms with Gasteiger partial charge >= 0.3 is 0 Å². The Balaban J connectivity index is 1.48. The van der Waals surface area contributed by atoms with E-state index in [2.05, 4.69) is 20.4 Å². The third-order valence-corrected chi connectivity index (χ3v) is 7.13. The van der Waals surface area contributed by atoms with Gasteiger partial charge in [0.15, 0.2) is 20.6 Å². The number of thiophene rings is 1. The number of hydrogen-bond donors (Lipinski definition) is 2. The largest absolute Gasteiger partial charge is 0.383 e. The lowest BCUT2D eigenvalue weighted by molar-refractivity contribution is 0.102. The molecule has 0 bridgehead atoms. The van der Waals surface area contributed by atoms with E-state index < -0.39 is 21.6 Å². The number of nitrogens with two attached hydrogens (primary N) is 1. The molecular weight excluding hydrogens is 491 g/mol. The highest BCUT2D eigenvalue weighted by Crippen LogP contribution is 2.36. The maximum Gasteiger partial charge on any atom is 0.276 e. The molecule has 0 spiro atoms. The molecule has 12 heteroatoms. The van der Waals surface area contributed by atoms with Crippen LogP contribution in [0.4, 0.5) is 15.9 Å². The fourth-order valence-electron chi connectivity index (χ4n) is 3.58. The molecule has 0 saturated heterocycles. The fourth-order valence-corrected chi connectivity index (χ4v) is 5.29. The molecule has 3 heterocycles. The number of halogens is 1. The van der Waals surface area contributed by atoms with E-state index in [1.807, 2.05) is 11.4 Å². The topological polar surface area (TPSA) is 133 Å². The maximum atomic E-state index is 13.3. The van der Waals surface area contributed by atoms with Gasteiger partial charge in [-0.15, -0.1) is 11.3 Å².